The molecule has 0 spiro atoms. The Kier molecular flexibility index (Phi) is 2.76. The number of piperazine rings is 1. The Bertz CT molecular complexity index is 577. The Balaban J connectivity index is 1.94. The van der Waals surface area contributed by atoms with Crippen molar-refractivity contribution in [1.29, 1.82) is 0 Å². The number of nitrogens with one attached hydrogen (secondary N) is 2. The molecule has 5 heteroatoms. The molecular formula is C13H16N4O. The van der Waals surface area contributed by atoms with Crippen LogP contribution in [0.1, 0.15) is 17.3 Å². The Morgan fingerprint density at radius 2 is 2.39 bits per heavy atom. The predicted molar refractivity (Wildman–Crippen MR) is 69.5 cm³/mol. The zero-order valence-electron chi connectivity index (χ0n) is 10.3. The number of hydrogen-bond acceptors (Lipinski definition) is 3. The van der Waals surface area contributed by atoms with Gasteiger partial charge in [-0.2, -0.15) is 5.10 Å². The van der Waals surface area contributed by atoms with E-state index in [0.29, 0.717) is 11.6 Å². The third kappa shape index (κ3) is 1.86. The van der Waals surface area contributed by atoms with E-state index >= 15 is 0 Å². The van der Waals surface area contributed by atoms with Crippen LogP contribution in [0.5, 0.6) is 0 Å². The lowest BCUT2D eigenvalue weighted by Crippen LogP contribution is -2.51. The zero-order chi connectivity index (χ0) is 12.5. The fourth-order valence-electron chi connectivity index (χ4n) is 2.43. The molecule has 1 amide bonds. The number of aromatic amines is 1. The van der Waals surface area contributed by atoms with E-state index in [-0.39, 0.29) is 5.91 Å². The molecule has 1 aromatic carbocycles. The highest BCUT2D eigenvalue weighted by Gasteiger charge is 2.23. The molecule has 1 aliphatic heterocycles. The average molecular weight is 244 g/mol. The van der Waals surface area contributed by atoms with Gasteiger partial charge in [-0.1, -0.05) is 12.1 Å². The molecule has 2 aromatic rings. The minimum Gasteiger partial charge on any atom is -0.336 e. The monoisotopic (exact) mass is 244 g/mol. The van der Waals surface area contributed by atoms with Crippen molar-refractivity contribution in [2.75, 3.05) is 19.6 Å². The Labute approximate surface area is 105 Å². The van der Waals surface area contributed by atoms with Crippen LogP contribution < -0.4 is 5.32 Å². The molecule has 0 radical (unpaired) electrons. The maximum absolute atomic E-state index is 12.5. The maximum Gasteiger partial charge on any atom is 0.256 e. The second-order valence-corrected chi connectivity index (χ2v) is 4.75. The summed E-state index contributed by atoms with van der Waals surface area (Å²) in [6.45, 7) is 4.46. The number of nitrogens with zero attached hydrogens (tertiary/aromatic N) is 2. The number of carbonyl (C=O) groups excluding carboxylic acids is 1. The molecule has 18 heavy (non-hydrogen) atoms. The van der Waals surface area contributed by atoms with Crippen LogP contribution in [0.25, 0.3) is 10.9 Å². The molecule has 2 N–H and O–H groups in total. The highest BCUT2D eigenvalue weighted by atomic mass is 16.2. The normalized spacial score (nSPS) is 20.3. The molecule has 0 saturated carbocycles. The Morgan fingerprint density at radius 1 is 1.50 bits per heavy atom. The van der Waals surface area contributed by atoms with Gasteiger partial charge in [0.25, 0.3) is 5.91 Å². The number of rotatable bonds is 1. The fraction of sp³-hybridized carbons (Fsp3) is 0.385. The van der Waals surface area contributed by atoms with Crippen molar-refractivity contribution in [3.05, 3.63) is 30.0 Å². The van der Waals surface area contributed by atoms with Gasteiger partial charge in [-0.05, 0) is 13.0 Å². The summed E-state index contributed by atoms with van der Waals surface area (Å²) in [5, 5.41) is 11.2. The van der Waals surface area contributed by atoms with E-state index < -0.39 is 0 Å². The number of aromatic nitrogens is 2. The summed E-state index contributed by atoms with van der Waals surface area (Å²) >= 11 is 0. The molecule has 1 aromatic heterocycles. The molecule has 1 aliphatic rings. The number of benzene rings is 1. The summed E-state index contributed by atoms with van der Waals surface area (Å²) < 4.78 is 0. The van der Waals surface area contributed by atoms with Crippen molar-refractivity contribution < 1.29 is 4.79 Å². The molecule has 0 unspecified atom stereocenters. The van der Waals surface area contributed by atoms with Crippen LogP contribution in [0.2, 0.25) is 0 Å². The summed E-state index contributed by atoms with van der Waals surface area (Å²) in [6.07, 6.45) is 1.74. The van der Waals surface area contributed by atoms with Gasteiger partial charge in [-0.25, -0.2) is 0 Å². The van der Waals surface area contributed by atoms with E-state index in [9.17, 15) is 4.79 Å². The van der Waals surface area contributed by atoms with Crippen LogP contribution in [0.3, 0.4) is 0 Å². The van der Waals surface area contributed by atoms with Crippen molar-refractivity contribution in [2.24, 2.45) is 0 Å². The minimum atomic E-state index is 0.0817. The summed E-state index contributed by atoms with van der Waals surface area (Å²) in [6, 6.07) is 6.06. The first-order chi connectivity index (χ1) is 8.75. The SMILES string of the molecule is C[C@@H]1CN(C(=O)c2cccc3cn[nH]c23)CCN1. The van der Waals surface area contributed by atoms with Gasteiger partial charge in [-0.15, -0.1) is 0 Å². The summed E-state index contributed by atoms with van der Waals surface area (Å²) in [5.41, 5.74) is 1.53. The first-order valence-electron chi connectivity index (χ1n) is 6.20. The lowest BCUT2D eigenvalue weighted by Gasteiger charge is -2.32. The van der Waals surface area contributed by atoms with Crippen LogP contribution >= 0.6 is 0 Å². The quantitative estimate of drug-likeness (QED) is 0.786. The number of hydrogen-bond donors (Lipinski definition) is 2. The molecule has 3 rings (SSSR count). The van der Waals surface area contributed by atoms with Gasteiger partial charge in [0, 0.05) is 31.1 Å². The minimum absolute atomic E-state index is 0.0817. The number of fused-ring (bicyclic) bond motifs is 1. The first kappa shape index (κ1) is 11.2. The van der Waals surface area contributed by atoms with Gasteiger partial charge in [0.1, 0.15) is 0 Å². The standard InChI is InChI=1S/C13H16N4O/c1-9-8-17(6-5-14-9)13(18)11-4-2-3-10-7-15-16-12(10)11/h2-4,7,9,14H,5-6,8H2,1H3,(H,15,16)/t9-/m1/s1. The van der Waals surface area contributed by atoms with E-state index in [1.165, 1.54) is 0 Å². The van der Waals surface area contributed by atoms with Crippen molar-refractivity contribution in [1.82, 2.24) is 20.4 Å². The second-order valence-electron chi connectivity index (χ2n) is 4.75. The molecule has 0 bridgehead atoms. The van der Waals surface area contributed by atoms with Crippen LogP contribution in [-0.4, -0.2) is 46.7 Å². The van der Waals surface area contributed by atoms with Crippen molar-refractivity contribution >= 4 is 16.8 Å². The van der Waals surface area contributed by atoms with Crippen molar-refractivity contribution in [3.8, 4) is 0 Å². The Morgan fingerprint density at radius 3 is 3.22 bits per heavy atom. The first-order valence-corrected chi connectivity index (χ1v) is 6.20. The van der Waals surface area contributed by atoms with E-state index in [4.69, 9.17) is 0 Å². The molecule has 1 fully saturated rings. The highest BCUT2D eigenvalue weighted by Crippen LogP contribution is 2.18. The van der Waals surface area contributed by atoms with Gasteiger partial charge in [0.05, 0.1) is 17.3 Å². The molecule has 1 saturated heterocycles. The maximum atomic E-state index is 12.5. The van der Waals surface area contributed by atoms with Crippen molar-refractivity contribution in [2.45, 2.75) is 13.0 Å². The van der Waals surface area contributed by atoms with E-state index in [2.05, 4.69) is 22.4 Å². The van der Waals surface area contributed by atoms with Gasteiger partial charge in [0.2, 0.25) is 0 Å². The zero-order valence-corrected chi connectivity index (χ0v) is 10.3. The lowest BCUT2D eigenvalue weighted by atomic mass is 10.1. The molecule has 94 valence electrons. The van der Waals surface area contributed by atoms with E-state index in [1.807, 2.05) is 23.1 Å². The summed E-state index contributed by atoms with van der Waals surface area (Å²) in [4.78, 5) is 14.4. The third-order valence-electron chi connectivity index (χ3n) is 3.36. The van der Waals surface area contributed by atoms with E-state index in [0.717, 1.165) is 30.5 Å². The highest BCUT2D eigenvalue weighted by molar-refractivity contribution is 6.05. The molecule has 0 aliphatic carbocycles. The fourth-order valence-corrected chi connectivity index (χ4v) is 2.43. The average Bonchev–Trinajstić information content (AvgIpc) is 2.86. The number of carbonyl (C=O) groups is 1. The van der Waals surface area contributed by atoms with Gasteiger partial charge >= 0.3 is 0 Å². The molecule has 5 nitrogen and oxygen atoms in total. The molecule has 1 atom stereocenters. The second kappa shape index (κ2) is 4.42. The summed E-state index contributed by atoms with van der Waals surface area (Å²) in [7, 11) is 0. The van der Waals surface area contributed by atoms with Gasteiger partial charge in [0.15, 0.2) is 0 Å². The smallest absolute Gasteiger partial charge is 0.256 e. The van der Waals surface area contributed by atoms with Crippen LogP contribution in [0.15, 0.2) is 24.4 Å². The Hall–Kier alpha value is -1.88. The topological polar surface area (TPSA) is 61.0 Å². The number of amides is 1. The van der Waals surface area contributed by atoms with Gasteiger partial charge in [-0.3, -0.25) is 9.89 Å². The number of para-hydroxylation sites is 1. The van der Waals surface area contributed by atoms with Crippen molar-refractivity contribution in [3.63, 3.8) is 0 Å². The van der Waals surface area contributed by atoms with E-state index in [1.54, 1.807) is 6.20 Å². The van der Waals surface area contributed by atoms with Crippen LogP contribution in [-0.2, 0) is 0 Å². The van der Waals surface area contributed by atoms with Crippen LogP contribution in [0, 0.1) is 0 Å². The predicted octanol–water partition coefficient (Wildman–Crippen LogP) is 0.997. The lowest BCUT2D eigenvalue weighted by molar-refractivity contribution is 0.0711. The third-order valence-corrected chi connectivity index (χ3v) is 3.36. The summed E-state index contributed by atoms with van der Waals surface area (Å²) in [5.74, 6) is 0.0817. The molecular weight excluding hydrogens is 228 g/mol. The largest absolute Gasteiger partial charge is 0.336 e. The number of H-pyrrole nitrogens is 1. The van der Waals surface area contributed by atoms with Gasteiger partial charge < -0.3 is 10.2 Å². The van der Waals surface area contributed by atoms with Crippen LogP contribution in [0.4, 0.5) is 0 Å². The molecule has 2 heterocycles.